The third kappa shape index (κ3) is 1.88. The minimum atomic E-state index is 0.661. The van der Waals surface area contributed by atoms with Crippen LogP contribution in [0, 0.1) is 23.7 Å². The van der Waals surface area contributed by atoms with Crippen LogP contribution in [-0.2, 0) is 11.2 Å². The first-order valence-electron chi connectivity index (χ1n) is 8.07. The van der Waals surface area contributed by atoms with Gasteiger partial charge in [0.2, 0.25) is 0 Å². The normalized spacial score (nSPS) is 38.5. The number of H-pyrrole nitrogens is 1. The first-order chi connectivity index (χ1) is 9.76. The smallest absolute Gasteiger partial charge is 0.148 e. The molecule has 0 atom stereocenters. The molecule has 4 saturated carbocycles. The van der Waals surface area contributed by atoms with Gasteiger partial charge in [0.05, 0.1) is 6.61 Å². The number of methoxy groups -OCH3 is 1. The number of hydrogen-bond acceptors (Lipinski definition) is 3. The number of nitrogens with one attached hydrogen (secondary N) is 1. The van der Waals surface area contributed by atoms with Crippen LogP contribution in [0.2, 0.25) is 0 Å². The number of hydrogen-bond donors (Lipinski definition) is 2. The van der Waals surface area contributed by atoms with Crippen molar-refractivity contribution in [3.8, 4) is 0 Å². The molecule has 4 aliphatic rings. The second-order valence-corrected chi connectivity index (χ2v) is 7.20. The van der Waals surface area contributed by atoms with Crippen LogP contribution in [0.15, 0.2) is 0 Å². The van der Waals surface area contributed by atoms with Gasteiger partial charge in [0.1, 0.15) is 5.82 Å². The van der Waals surface area contributed by atoms with E-state index in [4.69, 9.17) is 10.5 Å². The molecule has 4 fully saturated rings. The number of nitrogens with two attached hydrogens (primary N) is 1. The Hall–Kier alpha value is -1.03. The lowest BCUT2D eigenvalue weighted by atomic mass is 9.50. The molecule has 110 valence electrons. The van der Waals surface area contributed by atoms with E-state index < -0.39 is 0 Å². The third-order valence-electron chi connectivity index (χ3n) is 6.03. The Morgan fingerprint density at radius 1 is 1.15 bits per heavy atom. The van der Waals surface area contributed by atoms with Crippen LogP contribution in [0.3, 0.4) is 0 Å². The quantitative estimate of drug-likeness (QED) is 0.888. The molecule has 4 bridgehead atoms. The minimum absolute atomic E-state index is 0.661. The highest BCUT2D eigenvalue weighted by Gasteiger charge is 2.49. The van der Waals surface area contributed by atoms with E-state index in [1.807, 2.05) is 0 Å². The van der Waals surface area contributed by atoms with Gasteiger partial charge in [-0.2, -0.15) is 5.10 Å². The van der Waals surface area contributed by atoms with Crippen LogP contribution in [0.25, 0.3) is 0 Å². The average Bonchev–Trinajstić information content (AvgIpc) is 2.77. The van der Waals surface area contributed by atoms with Gasteiger partial charge in [-0.05, 0) is 61.7 Å². The molecule has 0 unspecified atom stereocenters. The van der Waals surface area contributed by atoms with Gasteiger partial charge in [-0.25, -0.2) is 0 Å². The predicted octanol–water partition coefficient (Wildman–Crippen LogP) is 2.72. The summed E-state index contributed by atoms with van der Waals surface area (Å²) in [7, 11) is 1.75. The van der Waals surface area contributed by atoms with Gasteiger partial charge in [-0.1, -0.05) is 0 Å². The van der Waals surface area contributed by atoms with Gasteiger partial charge < -0.3 is 10.5 Å². The maximum atomic E-state index is 6.21. The first-order valence-corrected chi connectivity index (χ1v) is 8.07. The van der Waals surface area contributed by atoms with Gasteiger partial charge in [0.15, 0.2) is 0 Å². The van der Waals surface area contributed by atoms with E-state index in [1.165, 1.54) is 43.4 Å². The van der Waals surface area contributed by atoms with E-state index in [9.17, 15) is 0 Å². The lowest BCUT2D eigenvalue weighted by Gasteiger charge is -2.54. The largest absolute Gasteiger partial charge is 0.384 e. The van der Waals surface area contributed by atoms with E-state index in [0.29, 0.717) is 5.92 Å². The second-order valence-electron chi connectivity index (χ2n) is 7.20. The summed E-state index contributed by atoms with van der Waals surface area (Å²) in [6.07, 6.45) is 8.09. The van der Waals surface area contributed by atoms with Crippen molar-refractivity contribution in [1.82, 2.24) is 10.2 Å². The predicted molar refractivity (Wildman–Crippen MR) is 78.4 cm³/mol. The molecule has 0 radical (unpaired) electrons. The summed E-state index contributed by atoms with van der Waals surface area (Å²) in [6, 6.07) is 0. The Kier molecular flexibility index (Phi) is 3.02. The van der Waals surface area contributed by atoms with Crippen molar-refractivity contribution < 1.29 is 4.74 Å². The van der Waals surface area contributed by atoms with Crippen LogP contribution in [0.4, 0.5) is 5.82 Å². The molecule has 20 heavy (non-hydrogen) atoms. The maximum Gasteiger partial charge on any atom is 0.148 e. The standard InChI is InChI=1S/C16H25N3O/c1-20-3-2-13-15(16(17)19-18-13)14-11-5-9-4-10(7-11)8-12(14)6-9/h9-12,14H,2-8H2,1H3,(H3,17,18,19). The molecule has 4 aliphatic carbocycles. The number of anilines is 1. The highest BCUT2D eigenvalue weighted by molar-refractivity contribution is 5.46. The molecule has 4 heteroatoms. The number of rotatable bonds is 4. The summed E-state index contributed by atoms with van der Waals surface area (Å²) in [4.78, 5) is 0. The average molecular weight is 275 g/mol. The fraction of sp³-hybridized carbons (Fsp3) is 0.812. The van der Waals surface area contributed by atoms with Gasteiger partial charge in [-0.15, -0.1) is 0 Å². The van der Waals surface area contributed by atoms with Crippen molar-refractivity contribution in [3.63, 3.8) is 0 Å². The number of ether oxygens (including phenoxy) is 1. The zero-order valence-electron chi connectivity index (χ0n) is 12.3. The Bertz CT molecular complexity index is 468. The number of aromatic nitrogens is 2. The Morgan fingerprint density at radius 3 is 2.40 bits per heavy atom. The van der Waals surface area contributed by atoms with Crippen molar-refractivity contribution in [2.24, 2.45) is 23.7 Å². The zero-order chi connectivity index (χ0) is 13.7. The summed E-state index contributed by atoms with van der Waals surface area (Å²) in [5.41, 5.74) is 8.78. The van der Waals surface area contributed by atoms with Crippen molar-refractivity contribution >= 4 is 5.82 Å². The van der Waals surface area contributed by atoms with Crippen LogP contribution in [0.5, 0.6) is 0 Å². The van der Waals surface area contributed by atoms with Crippen LogP contribution < -0.4 is 5.73 Å². The van der Waals surface area contributed by atoms with E-state index in [2.05, 4.69) is 10.2 Å². The van der Waals surface area contributed by atoms with E-state index in [-0.39, 0.29) is 0 Å². The summed E-state index contributed by atoms with van der Waals surface area (Å²) in [6.45, 7) is 0.738. The number of aromatic amines is 1. The Morgan fingerprint density at radius 2 is 1.80 bits per heavy atom. The second kappa shape index (κ2) is 4.76. The molecule has 5 rings (SSSR count). The maximum absolute atomic E-state index is 6.21. The topological polar surface area (TPSA) is 63.9 Å². The van der Waals surface area contributed by atoms with Crippen molar-refractivity contribution in [2.45, 2.75) is 44.4 Å². The highest BCUT2D eigenvalue weighted by atomic mass is 16.5. The van der Waals surface area contributed by atoms with Crippen molar-refractivity contribution in [2.75, 3.05) is 19.5 Å². The molecule has 0 spiro atoms. The monoisotopic (exact) mass is 275 g/mol. The Balaban J connectivity index is 1.65. The fourth-order valence-electron chi connectivity index (χ4n) is 5.57. The molecule has 1 heterocycles. The third-order valence-corrected chi connectivity index (χ3v) is 6.03. The molecule has 1 aromatic heterocycles. The molecule has 1 aromatic rings. The van der Waals surface area contributed by atoms with Gasteiger partial charge >= 0.3 is 0 Å². The zero-order valence-corrected chi connectivity index (χ0v) is 12.3. The van der Waals surface area contributed by atoms with Crippen molar-refractivity contribution in [1.29, 1.82) is 0 Å². The number of nitrogen functional groups attached to an aromatic ring is 1. The molecule has 0 aliphatic heterocycles. The van der Waals surface area contributed by atoms with Gasteiger partial charge in [0.25, 0.3) is 0 Å². The fourth-order valence-corrected chi connectivity index (χ4v) is 5.57. The molecule has 0 aromatic carbocycles. The summed E-state index contributed by atoms with van der Waals surface area (Å²) < 4.78 is 5.23. The van der Waals surface area contributed by atoms with E-state index in [0.717, 1.165) is 42.5 Å². The summed E-state index contributed by atoms with van der Waals surface area (Å²) >= 11 is 0. The molecular formula is C16H25N3O. The van der Waals surface area contributed by atoms with E-state index >= 15 is 0 Å². The molecule has 4 nitrogen and oxygen atoms in total. The van der Waals surface area contributed by atoms with Crippen LogP contribution in [-0.4, -0.2) is 23.9 Å². The van der Waals surface area contributed by atoms with Crippen molar-refractivity contribution in [3.05, 3.63) is 11.3 Å². The van der Waals surface area contributed by atoms with Gasteiger partial charge in [-0.3, -0.25) is 5.10 Å². The lowest BCUT2D eigenvalue weighted by molar-refractivity contribution is -0.00289. The highest BCUT2D eigenvalue weighted by Crippen LogP contribution is 2.60. The molecule has 0 amide bonds. The van der Waals surface area contributed by atoms with Gasteiger partial charge in [0, 0.05) is 24.8 Å². The molecule has 0 saturated heterocycles. The first kappa shape index (κ1) is 12.7. The number of nitrogens with zero attached hydrogens (tertiary/aromatic N) is 1. The van der Waals surface area contributed by atoms with Crippen LogP contribution in [0.1, 0.15) is 49.3 Å². The molecular weight excluding hydrogens is 250 g/mol. The SMILES string of the molecule is COCCc1[nH]nc(N)c1C1C2CC3CC(C2)CC1C3. The minimum Gasteiger partial charge on any atom is -0.384 e. The van der Waals surface area contributed by atoms with E-state index in [1.54, 1.807) is 7.11 Å². The lowest BCUT2D eigenvalue weighted by Crippen LogP contribution is -2.44. The molecule has 3 N–H and O–H groups in total. The summed E-state index contributed by atoms with van der Waals surface area (Å²) in [5.74, 6) is 5.12. The Labute approximate surface area is 120 Å². The summed E-state index contributed by atoms with van der Waals surface area (Å²) in [5, 5.41) is 7.46. The van der Waals surface area contributed by atoms with Crippen LogP contribution >= 0.6 is 0 Å².